The Bertz CT molecular complexity index is 1850. The van der Waals surface area contributed by atoms with Gasteiger partial charge in [0, 0.05) is 33.2 Å². The Kier molecular flexibility index (Phi) is 5.90. The molecule has 5 aromatic carbocycles. The number of aromatic nitrogens is 3. The van der Waals surface area contributed by atoms with Crippen molar-refractivity contribution in [2.45, 2.75) is 19.3 Å². The third-order valence-electron chi connectivity index (χ3n) is 7.96. The van der Waals surface area contributed by atoms with Crippen LogP contribution >= 0.6 is 0 Å². The molecule has 4 heteroatoms. The van der Waals surface area contributed by atoms with Crippen LogP contribution < -0.4 is 0 Å². The molecule has 0 atom stereocenters. The van der Waals surface area contributed by atoms with Crippen molar-refractivity contribution in [3.8, 4) is 45.3 Å². The van der Waals surface area contributed by atoms with Gasteiger partial charge in [-0.25, -0.2) is 15.0 Å². The highest BCUT2D eigenvalue weighted by Crippen LogP contribution is 2.42. The van der Waals surface area contributed by atoms with Crippen molar-refractivity contribution in [1.82, 2.24) is 15.0 Å². The summed E-state index contributed by atoms with van der Waals surface area (Å²) < 4.78 is 0. The molecule has 0 N–H and O–H groups in total. The van der Waals surface area contributed by atoms with Crippen LogP contribution in [0, 0.1) is 0 Å². The minimum Gasteiger partial charge on any atom is -0.289 e. The summed E-state index contributed by atoms with van der Waals surface area (Å²) in [6, 6.07) is 42.4. The van der Waals surface area contributed by atoms with Crippen LogP contribution in [0.5, 0.6) is 0 Å². The monoisotopic (exact) mass is 529 g/mol. The first-order chi connectivity index (χ1) is 20.0. The van der Waals surface area contributed by atoms with Gasteiger partial charge in [-0.15, -0.1) is 0 Å². The number of rotatable bonds is 4. The van der Waals surface area contributed by atoms with Crippen LogP contribution in [0.15, 0.2) is 127 Å². The third kappa shape index (κ3) is 4.34. The average Bonchev–Trinajstić information content (AvgIpc) is 3.04. The molecule has 1 aliphatic rings. The van der Waals surface area contributed by atoms with Crippen molar-refractivity contribution >= 4 is 5.78 Å². The topological polar surface area (TPSA) is 55.7 Å². The van der Waals surface area contributed by atoms with Crippen LogP contribution in [0.2, 0.25) is 0 Å². The van der Waals surface area contributed by atoms with E-state index in [1.165, 1.54) is 0 Å². The van der Waals surface area contributed by atoms with E-state index in [9.17, 15) is 4.79 Å². The van der Waals surface area contributed by atoms with Crippen LogP contribution in [0.3, 0.4) is 0 Å². The largest absolute Gasteiger partial charge is 0.289 e. The van der Waals surface area contributed by atoms with Crippen molar-refractivity contribution in [3.05, 3.63) is 150 Å². The van der Waals surface area contributed by atoms with E-state index in [0.29, 0.717) is 17.5 Å². The second-order valence-corrected chi connectivity index (χ2v) is 10.9. The van der Waals surface area contributed by atoms with Gasteiger partial charge < -0.3 is 0 Å². The summed E-state index contributed by atoms with van der Waals surface area (Å²) in [6.45, 7) is 4.39. The summed E-state index contributed by atoms with van der Waals surface area (Å²) in [5, 5.41) is 0. The number of hydrogen-bond donors (Lipinski definition) is 0. The van der Waals surface area contributed by atoms with E-state index in [4.69, 9.17) is 15.0 Å². The summed E-state index contributed by atoms with van der Waals surface area (Å²) in [5.41, 5.74) is 8.36. The molecular formula is C37H27N3O. The van der Waals surface area contributed by atoms with Gasteiger partial charge in [0.05, 0.1) is 0 Å². The lowest BCUT2D eigenvalue weighted by Gasteiger charge is -2.34. The summed E-state index contributed by atoms with van der Waals surface area (Å²) >= 11 is 0. The van der Waals surface area contributed by atoms with Gasteiger partial charge in [0.25, 0.3) is 0 Å². The molecule has 4 nitrogen and oxygen atoms in total. The molecular weight excluding hydrogens is 502 g/mol. The van der Waals surface area contributed by atoms with Gasteiger partial charge >= 0.3 is 0 Å². The molecule has 196 valence electrons. The SMILES string of the molecule is CC1(C)c2ccccc2C(=O)c2ccc(-c3ccc(-c4nc(-c5ccccc5)nc(-c5ccccc5)n4)cc3)cc21. The molecule has 0 saturated heterocycles. The van der Waals surface area contributed by atoms with Crippen LogP contribution in [-0.2, 0) is 5.41 Å². The zero-order valence-corrected chi connectivity index (χ0v) is 22.9. The normalized spacial score (nSPS) is 13.4. The Labute approximate surface area is 239 Å². The number of carbonyl (C=O) groups is 1. The lowest BCUT2D eigenvalue weighted by atomic mass is 9.68. The molecule has 0 unspecified atom stereocenters. The van der Waals surface area contributed by atoms with Gasteiger partial charge in [-0.05, 0) is 28.3 Å². The molecule has 1 aromatic heterocycles. The number of benzene rings is 5. The van der Waals surface area contributed by atoms with E-state index in [-0.39, 0.29) is 11.2 Å². The van der Waals surface area contributed by atoms with Crippen LogP contribution in [-0.4, -0.2) is 20.7 Å². The fraction of sp³-hybridized carbons (Fsp3) is 0.0811. The summed E-state index contributed by atoms with van der Waals surface area (Å²) in [6.07, 6.45) is 0. The highest BCUT2D eigenvalue weighted by Gasteiger charge is 2.36. The van der Waals surface area contributed by atoms with E-state index in [0.717, 1.165) is 50.1 Å². The van der Waals surface area contributed by atoms with Gasteiger partial charge in [-0.1, -0.05) is 135 Å². The standard InChI is InChI=1S/C37H27N3O/c1-37(2)31-16-10-9-15-29(31)33(41)30-22-21-28(23-32(30)37)24-17-19-27(20-18-24)36-39-34(25-11-5-3-6-12-25)38-35(40-36)26-13-7-4-8-14-26/h3-23H,1-2H3. The predicted molar refractivity (Wildman–Crippen MR) is 164 cm³/mol. The molecule has 0 aliphatic heterocycles. The Morgan fingerprint density at radius 3 is 1.46 bits per heavy atom. The summed E-state index contributed by atoms with van der Waals surface area (Å²) in [5.74, 6) is 1.99. The molecule has 0 saturated carbocycles. The molecule has 0 fully saturated rings. The van der Waals surface area contributed by atoms with Crippen molar-refractivity contribution in [1.29, 1.82) is 0 Å². The van der Waals surface area contributed by atoms with Crippen molar-refractivity contribution in [3.63, 3.8) is 0 Å². The highest BCUT2D eigenvalue weighted by atomic mass is 16.1. The lowest BCUT2D eigenvalue weighted by Crippen LogP contribution is -2.30. The molecule has 0 amide bonds. The maximum atomic E-state index is 13.3. The predicted octanol–water partition coefficient (Wildman–Crippen LogP) is 8.41. The highest BCUT2D eigenvalue weighted by molar-refractivity contribution is 6.13. The number of hydrogen-bond acceptors (Lipinski definition) is 4. The minimum absolute atomic E-state index is 0.0927. The van der Waals surface area contributed by atoms with Crippen LogP contribution in [0.1, 0.15) is 40.9 Å². The van der Waals surface area contributed by atoms with E-state index in [1.807, 2.05) is 91.0 Å². The fourth-order valence-corrected chi connectivity index (χ4v) is 5.70. The smallest absolute Gasteiger partial charge is 0.193 e. The number of nitrogens with zero attached hydrogens (tertiary/aromatic N) is 3. The summed E-state index contributed by atoms with van der Waals surface area (Å²) in [7, 11) is 0. The molecule has 41 heavy (non-hydrogen) atoms. The molecule has 6 aromatic rings. The Morgan fingerprint density at radius 1 is 0.439 bits per heavy atom. The first kappa shape index (κ1) is 24.8. The second-order valence-electron chi connectivity index (χ2n) is 10.9. The van der Waals surface area contributed by atoms with E-state index in [2.05, 4.69) is 50.2 Å². The maximum Gasteiger partial charge on any atom is 0.193 e. The molecule has 0 radical (unpaired) electrons. The van der Waals surface area contributed by atoms with E-state index < -0.39 is 0 Å². The Hall–Kier alpha value is -5.22. The molecule has 1 aliphatic carbocycles. The molecule has 0 bridgehead atoms. The molecule has 7 rings (SSSR count). The second kappa shape index (κ2) is 9.76. The average molecular weight is 530 g/mol. The maximum absolute atomic E-state index is 13.3. The third-order valence-corrected chi connectivity index (χ3v) is 7.96. The van der Waals surface area contributed by atoms with Gasteiger partial charge in [-0.3, -0.25) is 4.79 Å². The van der Waals surface area contributed by atoms with Crippen LogP contribution in [0.4, 0.5) is 0 Å². The van der Waals surface area contributed by atoms with Gasteiger partial charge in [0.2, 0.25) is 0 Å². The summed E-state index contributed by atoms with van der Waals surface area (Å²) in [4.78, 5) is 27.8. The number of carbonyl (C=O) groups excluding carboxylic acids is 1. The minimum atomic E-state index is -0.275. The van der Waals surface area contributed by atoms with E-state index >= 15 is 0 Å². The van der Waals surface area contributed by atoms with E-state index in [1.54, 1.807) is 0 Å². The van der Waals surface area contributed by atoms with Crippen molar-refractivity contribution in [2.24, 2.45) is 0 Å². The molecule has 1 heterocycles. The number of fused-ring (bicyclic) bond motifs is 2. The lowest BCUT2D eigenvalue weighted by molar-refractivity contribution is 0.103. The Morgan fingerprint density at radius 2 is 0.878 bits per heavy atom. The van der Waals surface area contributed by atoms with Crippen molar-refractivity contribution in [2.75, 3.05) is 0 Å². The Balaban J connectivity index is 1.28. The van der Waals surface area contributed by atoms with Crippen molar-refractivity contribution < 1.29 is 4.79 Å². The first-order valence-electron chi connectivity index (χ1n) is 13.8. The molecule has 0 spiro atoms. The van der Waals surface area contributed by atoms with Gasteiger partial charge in [0.15, 0.2) is 23.3 Å². The van der Waals surface area contributed by atoms with Crippen LogP contribution in [0.25, 0.3) is 45.3 Å². The fourth-order valence-electron chi connectivity index (χ4n) is 5.70. The number of ketones is 1. The van der Waals surface area contributed by atoms with Gasteiger partial charge in [-0.2, -0.15) is 0 Å². The zero-order chi connectivity index (χ0) is 28.0. The zero-order valence-electron chi connectivity index (χ0n) is 22.9. The van der Waals surface area contributed by atoms with Gasteiger partial charge in [0.1, 0.15) is 0 Å². The first-order valence-corrected chi connectivity index (χ1v) is 13.8. The quantitative estimate of drug-likeness (QED) is 0.230.